The molecule has 1 aliphatic rings. The molecule has 1 aromatic carbocycles. The Balaban J connectivity index is 2.29. The van der Waals surface area contributed by atoms with E-state index in [9.17, 15) is 8.42 Å². The van der Waals surface area contributed by atoms with E-state index in [0.29, 0.717) is 23.9 Å². The van der Waals surface area contributed by atoms with Crippen molar-refractivity contribution in [3.63, 3.8) is 0 Å². The van der Waals surface area contributed by atoms with E-state index in [1.165, 1.54) is 0 Å². The predicted octanol–water partition coefficient (Wildman–Crippen LogP) is 2.42. The summed E-state index contributed by atoms with van der Waals surface area (Å²) in [4.78, 5) is 0.455. The van der Waals surface area contributed by atoms with E-state index in [2.05, 4.69) is 6.92 Å². The van der Waals surface area contributed by atoms with Crippen LogP contribution in [-0.2, 0) is 10.0 Å². The molecule has 0 aromatic heterocycles. The number of nitrogens with zero attached hydrogens (tertiary/aromatic N) is 1. The minimum absolute atomic E-state index is 0.455. The average Bonchev–Trinajstić information content (AvgIpc) is 2.78. The second kappa shape index (κ2) is 4.78. The normalized spacial score (nSPS) is 21.9. The van der Waals surface area contributed by atoms with Crippen LogP contribution in [0.2, 0.25) is 0 Å². The second-order valence-corrected chi connectivity index (χ2v) is 6.60. The molecule has 0 N–H and O–H groups in total. The maximum atomic E-state index is 12.4. The Labute approximate surface area is 104 Å². The van der Waals surface area contributed by atoms with Crippen molar-refractivity contribution >= 4 is 10.0 Å². The third-order valence-electron chi connectivity index (χ3n) is 3.54. The Morgan fingerprint density at radius 3 is 2.65 bits per heavy atom. The summed E-state index contributed by atoms with van der Waals surface area (Å²) in [6, 6.07) is 7.20. The molecule has 1 aliphatic heterocycles. The van der Waals surface area contributed by atoms with E-state index in [-0.39, 0.29) is 0 Å². The molecule has 3 nitrogen and oxygen atoms in total. The van der Waals surface area contributed by atoms with Crippen LogP contribution in [0.25, 0.3) is 0 Å². The van der Waals surface area contributed by atoms with Crippen LogP contribution in [0.1, 0.15) is 25.3 Å². The van der Waals surface area contributed by atoms with Crippen LogP contribution in [0.3, 0.4) is 0 Å². The number of rotatable bonds is 3. The lowest BCUT2D eigenvalue weighted by molar-refractivity contribution is 0.452. The minimum atomic E-state index is -3.28. The van der Waals surface area contributed by atoms with Gasteiger partial charge in [0.1, 0.15) is 0 Å². The average molecular weight is 253 g/mol. The molecule has 2 rings (SSSR count). The van der Waals surface area contributed by atoms with Gasteiger partial charge in [0.05, 0.1) is 4.90 Å². The highest BCUT2D eigenvalue weighted by Gasteiger charge is 2.32. The molecule has 1 heterocycles. The quantitative estimate of drug-likeness (QED) is 0.829. The molecule has 1 aromatic rings. The molecular formula is C13H19NO2S. The molecule has 0 spiro atoms. The zero-order valence-electron chi connectivity index (χ0n) is 10.4. The fraction of sp³-hybridized carbons (Fsp3) is 0.538. The van der Waals surface area contributed by atoms with Crippen molar-refractivity contribution in [2.75, 3.05) is 13.1 Å². The first kappa shape index (κ1) is 12.6. The van der Waals surface area contributed by atoms with Crippen LogP contribution < -0.4 is 0 Å². The molecule has 1 atom stereocenters. The number of hydrogen-bond donors (Lipinski definition) is 0. The SMILES string of the molecule is CCC1CCN(S(=O)(=O)c2ccccc2C)C1. The zero-order valence-corrected chi connectivity index (χ0v) is 11.2. The Hall–Kier alpha value is -0.870. The highest BCUT2D eigenvalue weighted by atomic mass is 32.2. The van der Waals surface area contributed by atoms with E-state index in [0.717, 1.165) is 18.4 Å². The number of sulfonamides is 1. The molecule has 4 heteroatoms. The van der Waals surface area contributed by atoms with Crippen molar-refractivity contribution in [2.24, 2.45) is 5.92 Å². The standard InChI is InChI=1S/C13H19NO2S/c1-3-12-8-9-14(10-12)17(15,16)13-7-5-4-6-11(13)2/h4-7,12H,3,8-10H2,1-2H3. The van der Waals surface area contributed by atoms with Crippen LogP contribution in [0.5, 0.6) is 0 Å². The Morgan fingerprint density at radius 2 is 2.06 bits per heavy atom. The highest BCUT2D eigenvalue weighted by molar-refractivity contribution is 7.89. The summed E-state index contributed by atoms with van der Waals surface area (Å²) in [7, 11) is -3.28. The first-order valence-corrected chi connectivity index (χ1v) is 7.55. The fourth-order valence-corrected chi connectivity index (χ4v) is 4.09. The van der Waals surface area contributed by atoms with Crippen molar-refractivity contribution in [1.29, 1.82) is 0 Å². The summed E-state index contributed by atoms with van der Waals surface area (Å²) >= 11 is 0. The van der Waals surface area contributed by atoms with Gasteiger partial charge >= 0.3 is 0 Å². The van der Waals surface area contributed by atoms with Gasteiger partial charge in [0.2, 0.25) is 10.0 Å². The van der Waals surface area contributed by atoms with Gasteiger partial charge in [0.25, 0.3) is 0 Å². The van der Waals surface area contributed by atoms with E-state index < -0.39 is 10.0 Å². The van der Waals surface area contributed by atoms with Gasteiger partial charge in [-0.25, -0.2) is 8.42 Å². The van der Waals surface area contributed by atoms with Crippen molar-refractivity contribution < 1.29 is 8.42 Å². The largest absolute Gasteiger partial charge is 0.243 e. The van der Waals surface area contributed by atoms with Gasteiger partial charge < -0.3 is 0 Å². The van der Waals surface area contributed by atoms with Crippen LogP contribution >= 0.6 is 0 Å². The molecule has 94 valence electrons. The van der Waals surface area contributed by atoms with E-state index >= 15 is 0 Å². The summed E-state index contributed by atoms with van der Waals surface area (Å²) < 4.78 is 26.5. The molecule has 0 amide bonds. The molecule has 0 bridgehead atoms. The van der Waals surface area contributed by atoms with Crippen LogP contribution in [-0.4, -0.2) is 25.8 Å². The molecule has 0 saturated carbocycles. The first-order valence-electron chi connectivity index (χ1n) is 6.11. The van der Waals surface area contributed by atoms with Gasteiger partial charge in [-0.3, -0.25) is 0 Å². The third-order valence-corrected chi connectivity index (χ3v) is 5.56. The lowest BCUT2D eigenvalue weighted by Crippen LogP contribution is -2.29. The Kier molecular flexibility index (Phi) is 3.54. The molecule has 0 radical (unpaired) electrons. The van der Waals surface area contributed by atoms with Gasteiger partial charge in [-0.2, -0.15) is 4.31 Å². The number of benzene rings is 1. The van der Waals surface area contributed by atoms with Crippen molar-refractivity contribution in [2.45, 2.75) is 31.6 Å². The number of aryl methyl sites for hydroxylation is 1. The summed E-state index contributed by atoms with van der Waals surface area (Å²) in [6.07, 6.45) is 2.04. The zero-order chi connectivity index (χ0) is 12.5. The summed E-state index contributed by atoms with van der Waals surface area (Å²) in [6.45, 7) is 5.30. The van der Waals surface area contributed by atoms with Crippen LogP contribution in [0.15, 0.2) is 29.2 Å². The van der Waals surface area contributed by atoms with E-state index in [4.69, 9.17) is 0 Å². The monoisotopic (exact) mass is 253 g/mol. The maximum Gasteiger partial charge on any atom is 0.243 e. The van der Waals surface area contributed by atoms with E-state index in [1.54, 1.807) is 16.4 Å². The number of hydrogen-bond acceptors (Lipinski definition) is 2. The van der Waals surface area contributed by atoms with Crippen LogP contribution in [0, 0.1) is 12.8 Å². The van der Waals surface area contributed by atoms with Gasteiger partial charge in [0.15, 0.2) is 0 Å². The van der Waals surface area contributed by atoms with E-state index in [1.807, 2.05) is 19.1 Å². The molecule has 1 unspecified atom stereocenters. The van der Waals surface area contributed by atoms with Crippen molar-refractivity contribution in [3.8, 4) is 0 Å². The Bertz CT molecular complexity index is 496. The summed E-state index contributed by atoms with van der Waals surface area (Å²) in [5, 5.41) is 0. The minimum Gasteiger partial charge on any atom is -0.207 e. The highest BCUT2D eigenvalue weighted by Crippen LogP contribution is 2.27. The molecule has 1 saturated heterocycles. The lowest BCUT2D eigenvalue weighted by atomic mass is 10.1. The predicted molar refractivity (Wildman–Crippen MR) is 68.3 cm³/mol. The molecule has 0 aliphatic carbocycles. The second-order valence-electron chi connectivity index (χ2n) is 4.69. The summed E-state index contributed by atoms with van der Waals surface area (Å²) in [5.41, 5.74) is 0.826. The van der Waals surface area contributed by atoms with Gasteiger partial charge in [-0.15, -0.1) is 0 Å². The summed E-state index contributed by atoms with van der Waals surface area (Å²) in [5.74, 6) is 0.522. The van der Waals surface area contributed by atoms with Gasteiger partial charge in [0, 0.05) is 13.1 Å². The fourth-order valence-electron chi connectivity index (χ4n) is 2.33. The smallest absolute Gasteiger partial charge is 0.207 e. The van der Waals surface area contributed by atoms with Crippen LogP contribution in [0.4, 0.5) is 0 Å². The lowest BCUT2D eigenvalue weighted by Gasteiger charge is -2.17. The van der Waals surface area contributed by atoms with Gasteiger partial charge in [-0.1, -0.05) is 31.5 Å². The molecular weight excluding hydrogens is 234 g/mol. The Morgan fingerprint density at radius 1 is 1.35 bits per heavy atom. The molecule has 1 fully saturated rings. The molecule has 17 heavy (non-hydrogen) atoms. The van der Waals surface area contributed by atoms with Crippen molar-refractivity contribution in [3.05, 3.63) is 29.8 Å². The van der Waals surface area contributed by atoms with Crippen molar-refractivity contribution in [1.82, 2.24) is 4.31 Å². The maximum absolute atomic E-state index is 12.4. The topological polar surface area (TPSA) is 37.4 Å². The first-order chi connectivity index (χ1) is 8.05. The van der Waals surface area contributed by atoms with Gasteiger partial charge in [-0.05, 0) is 30.9 Å². The third kappa shape index (κ3) is 2.38.